The van der Waals surface area contributed by atoms with Gasteiger partial charge in [0.05, 0.1) is 23.7 Å². The summed E-state index contributed by atoms with van der Waals surface area (Å²) in [4.78, 5) is 34.9. The molecule has 7 nitrogen and oxygen atoms in total. The molecule has 3 aromatic rings. The van der Waals surface area contributed by atoms with Crippen LogP contribution in [0.1, 0.15) is 35.2 Å². The number of thiazole rings is 1. The van der Waals surface area contributed by atoms with Crippen LogP contribution >= 0.6 is 11.3 Å². The number of hydrogen-bond acceptors (Lipinski definition) is 7. The van der Waals surface area contributed by atoms with Crippen molar-refractivity contribution in [2.45, 2.75) is 33.4 Å². The molecule has 0 radical (unpaired) electrons. The SMILES string of the molecule is CCOC(=O)CCN(Cc1cccnc1)C(=O)/C=C/c1ccccc1OCc1csc(C)n1. The molecule has 1 aromatic carbocycles. The molecule has 0 unspecified atom stereocenters. The minimum absolute atomic E-state index is 0.125. The van der Waals surface area contributed by atoms with E-state index in [1.165, 1.54) is 6.08 Å². The number of amides is 1. The third-order valence-corrected chi connectivity index (χ3v) is 5.49. The van der Waals surface area contributed by atoms with E-state index in [0.717, 1.165) is 21.8 Å². The standard InChI is InChI=1S/C25H27N3O4S/c1-3-31-25(30)12-14-28(16-20-7-6-13-26-15-20)24(29)11-10-21-8-4-5-9-23(21)32-17-22-18-33-19(2)27-22/h4-11,13,15,18H,3,12,14,16-17H2,1-2H3/b11-10+. The van der Waals surface area contributed by atoms with Crippen LogP contribution in [0.4, 0.5) is 0 Å². The molecule has 0 saturated heterocycles. The summed E-state index contributed by atoms with van der Waals surface area (Å²) in [7, 11) is 0. The molecule has 0 fully saturated rings. The predicted octanol–water partition coefficient (Wildman–Crippen LogP) is 4.42. The van der Waals surface area contributed by atoms with Crippen molar-refractivity contribution in [2.24, 2.45) is 0 Å². The van der Waals surface area contributed by atoms with Gasteiger partial charge < -0.3 is 14.4 Å². The maximum absolute atomic E-state index is 13.0. The Morgan fingerprint density at radius 3 is 2.76 bits per heavy atom. The number of nitrogens with zero attached hydrogens (tertiary/aromatic N) is 3. The van der Waals surface area contributed by atoms with Crippen molar-refractivity contribution < 1.29 is 19.1 Å². The Balaban J connectivity index is 1.69. The first-order chi connectivity index (χ1) is 16.0. The van der Waals surface area contributed by atoms with E-state index >= 15 is 0 Å². The highest BCUT2D eigenvalue weighted by Crippen LogP contribution is 2.21. The number of aromatic nitrogens is 2. The van der Waals surface area contributed by atoms with Gasteiger partial charge in [0.1, 0.15) is 12.4 Å². The quantitative estimate of drug-likeness (QED) is 0.308. The maximum atomic E-state index is 13.0. The number of benzene rings is 1. The lowest BCUT2D eigenvalue weighted by molar-refractivity contribution is -0.143. The second kappa shape index (κ2) is 12.5. The van der Waals surface area contributed by atoms with Gasteiger partial charge in [0, 0.05) is 42.5 Å². The van der Waals surface area contributed by atoms with Crippen LogP contribution in [0.15, 0.2) is 60.2 Å². The van der Waals surface area contributed by atoms with E-state index < -0.39 is 0 Å². The van der Waals surface area contributed by atoms with Crippen LogP contribution in [0.5, 0.6) is 5.75 Å². The summed E-state index contributed by atoms with van der Waals surface area (Å²) in [5.74, 6) is 0.118. The van der Waals surface area contributed by atoms with Gasteiger partial charge in [0.15, 0.2) is 0 Å². The molecule has 3 rings (SSSR count). The number of rotatable bonds is 11. The fourth-order valence-corrected chi connectivity index (χ4v) is 3.68. The van der Waals surface area contributed by atoms with E-state index in [1.807, 2.05) is 48.7 Å². The van der Waals surface area contributed by atoms with Crippen molar-refractivity contribution in [3.63, 3.8) is 0 Å². The fourth-order valence-electron chi connectivity index (χ4n) is 3.08. The summed E-state index contributed by atoms with van der Waals surface area (Å²) in [6.07, 6.45) is 6.73. The highest BCUT2D eigenvalue weighted by molar-refractivity contribution is 7.09. The number of esters is 1. The molecule has 0 atom stereocenters. The molecular weight excluding hydrogens is 438 g/mol. The molecule has 8 heteroatoms. The van der Waals surface area contributed by atoms with Crippen LogP contribution in [-0.2, 0) is 27.5 Å². The van der Waals surface area contributed by atoms with Gasteiger partial charge in [0.2, 0.25) is 5.91 Å². The number of aryl methyl sites for hydroxylation is 1. The number of hydrogen-bond donors (Lipinski definition) is 0. The zero-order valence-electron chi connectivity index (χ0n) is 18.8. The Kier molecular flexibility index (Phi) is 9.14. The van der Waals surface area contributed by atoms with Gasteiger partial charge in [-0.1, -0.05) is 24.3 Å². The van der Waals surface area contributed by atoms with E-state index in [1.54, 1.807) is 41.6 Å². The van der Waals surface area contributed by atoms with Gasteiger partial charge in [-0.15, -0.1) is 11.3 Å². The molecule has 0 spiro atoms. The molecule has 0 bridgehead atoms. The van der Waals surface area contributed by atoms with Gasteiger partial charge >= 0.3 is 5.97 Å². The van der Waals surface area contributed by atoms with E-state index in [2.05, 4.69) is 9.97 Å². The monoisotopic (exact) mass is 465 g/mol. The molecule has 2 aromatic heterocycles. The van der Waals surface area contributed by atoms with Crippen LogP contribution < -0.4 is 4.74 Å². The van der Waals surface area contributed by atoms with E-state index in [9.17, 15) is 9.59 Å². The van der Waals surface area contributed by atoms with Gasteiger partial charge in [-0.3, -0.25) is 14.6 Å². The Hall–Kier alpha value is -3.52. The zero-order valence-corrected chi connectivity index (χ0v) is 19.6. The number of para-hydroxylation sites is 1. The average molecular weight is 466 g/mol. The summed E-state index contributed by atoms with van der Waals surface area (Å²) in [5, 5.41) is 2.96. The largest absolute Gasteiger partial charge is 0.487 e. The summed E-state index contributed by atoms with van der Waals surface area (Å²) in [6.45, 7) is 4.97. The summed E-state index contributed by atoms with van der Waals surface area (Å²) in [5.41, 5.74) is 2.53. The van der Waals surface area contributed by atoms with Crippen molar-refractivity contribution in [3.8, 4) is 5.75 Å². The average Bonchev–Trinajstić information content (AvgIpc) is 3.25. The van der Waals surface area contributed by atoms with Crippen LogP contribution in [-0.4, -0.2) is 39.9 Å². The van der Waals surface area contributed by atoms with Crippen molar-refractivity contribution >= 4 is 29.3 Å². The highest BCUT2D eigenvalue weighted by Gasteiger charge is 2.14. The van der Waals surface area contributed by atoms with E-state index in [-0.39, 0.29) is 24.8 Å². The Morgan fingerprint density at radius 1 is 1.18 bits per heavy atom. The molecule has 2 heterocycles. The van der Waals surface area contributed by atoms with Crippen LogP contribution in [0.3, 0.4) is 0 Å². The van der Waals surface area contributed by atoms with Crippen LogP contribution in [0.2, 0.25) is 0 Å². The molecule has 0 saturated carbocycles. The Labute approximate surface area is 197 Å². The summed E-state index contributed by atoms with van der Waals surface area (Å²) in [6, 6.07) is 11.2. The molecule has 1 amide bonds. The van der Waals surface area contributed by atoms with E-state index in [4.69, 9.17) is 9.47 Å². The number of carbonyl (C=O) groups excluding carboxylic acids is 2. The van der Waals surface area contributed by atoms with Crippen molar-refractivity contribution in [1.29, 1.82) is 0 Å². The molecule has 0 aliphatic rings. The molecule has 0 aliphatic carbocycles. The lowest BCUT2D eigenvalue weighted by Crippen LogP contribution is -2.31. The van der Waals surface area contributed by atoms with Gasteiger partial charge in [-0.25, -0.2) is 4.98 Å². The highest BCUT2D eigenvalue weighted by atomic mass is 32.1. The van der Waals surface area contributed by atoms with E-state index in [0.29, 0.717) is 25.5 Å². The molecule has 33 heavy (non-hydrogen) atoms. The summed E-state index contributed by atoms with van der Waals surface area (Å²) >= 11 is 1.58. The minimum atomic E-state index is -0.332. The molecule has 0 N–H and O–H groups in total. The first-order valence-corrected chi connectivity index (χ1v) is 11.6. The zero-order chi connectivity index (χ0) is 23.5. The number of ether oxygens (including phenoxy) is 2. The molecular formula is C25H27N3O4S. The van der Waals surface area contributed by atoms with Crippen LogP contribution in [0, 0.1) is 6.92 Å². The van der Waals surface area contributed by atoms with Crippen molar-refractivity contribution in [2.75, 3.05) is 13.2 Å². The third kappa shape index (κ3) is 7.84. The van der Waals surface area contributed by atoms with Gasteiger partial charge in [-0.2, -0.15) is 0 Å². The first kappa shape index (κ1) is 24.1. The van der Waals surface area contributed by atoms with Crippen LogP contribution in [0.25, 0.3) is 6.08 Å². The maximum Gasteiger partial charge on any atom is 0.307 e. The normalized spacial score (nSPS) is 10.8. The second-order valence-electron chi connectivity index (χ2n) is 7.19. The van der Waals surface area contributed by atoms with Gasteiger partial charge in [0.25, 0.3) is 0 Å². The predicted molar refractivity (Wildman–Crippen MR) is 128 cm³/mol. The lowest BCUT2D eigenvalue weighted by Gasteiger charge is -2.21. The third-order valence-electron chi connectivity index (χ3n) is 4.67. The minimum Gasteiger partial charge on any atom is -0.487 e. The second-order valence-corrected chi connectivity index (χ2v) is 8.26. The van der Waals surface area contributed by atoms with Gasteiger partial charge in [-0.05, 0) is 37.6 Å². The first-order valence-electron chi connectivity index (χ1n) is 10.7. The molecule has 0 aliphatic heterocycles. The summed E-state index contributed by atoms with van der Waals surface area (Å²) < 4.78 is 10.9. The Bertz CT molecular complexity index is 1080. The topological polar surface area (TPSA) is 81.6 Å². The number of carbonyl (C=O) groups is 2. The molecule has 172 valence electrons. The fraction of sp³-hybridized carbons (Fsp3) is 0.280. The number of pyridine rings is 1. The lowest BCUT2D eigenvalue weighted by atomic mass is 10.1. The Morgan fingerprint density at radius 2 is 2.03 bits per heavy atom. The van der Waals surface area contributed by atoms with Crippen molar-refractivity contribution in [1.82, 2.24) is 14.9 Å². The van der Waals surface area contributed by atoms with Crippen molar-refractivity contribution in [3.05, 3.63) is 82.1 Å². The smallest absolute Gasteiger partial charge is 0.307 e.